The lowest BCUT2D eigenvalue weighted by molar-refractivity contribution is -0.141. The zero-order valence-electron chi connectivity index (χ0n) is 17.5. The van der Waals surface area contributed by atoms with Crippen LogP contribution in [0.4, 0.5) is 0 Å². The quantitative estimate of drug-likeness (QED) is 0.400. The van der Waals surface area contributed by atoms with E-state index in [0.717, 1.165) is 28.4 Å². The summed E-state index contributed by atoms with van der Waals surface area (Å²) in [4.78, 5) is 25.4. The molecule has 2 aromatic heterocycles. The summed E-state index contributed by atoms with van der Waals surface area (Å²) in [5, 5.41) is 14.2. The van der Waals surface area contributed by atoms with Gasteiger partial charge in [0.05, 0.1) is 19.6 Å². The van der Waals surface area contributed by atoms with Crippen molar-refractivity contribution in [3.63, 3.8) is 0 Å². The molecule has 6 nitrogen and oxygen atoms in total. The van der Waals surface area contributed by atoms with Gasteiger partial charge in [0, 0.05) is 22.8 Å². The third kappa shape index (κ3) is 5.81. The smallest absolute Gasteiger partial charge is 0.307 e. The Morgan fingerprint density at radius 3 is 2.66 bits per heavy atom. The number of nitrogens with one attached hydrogen (secondary N) is 1. The van der Waals surface area contributed by atoms with E-state index in [2.05, 4.69) is 23.7 Å². The first-order chi connectivity index (χ1) is 13.8. The minimum Gasteiger partial charge on any atom is -0.469 e. The van der Waals surface area contributed by atoms with Gasteiger partial charge >= 0.3 is 5.97 Å². The number of amides is 1. The van der Waals surface area contributed by atoms with E-state index >= 15 is 0 Å². The first-order valence-electron chi connectivity index (χ1n) is 9.46. The number of carbonyl (C=O) groups is 2. The Balaban J connectivity index is 2.27. The van der Waals surface area contributed by atoms with E-state index in [-0.39, 0.29) is 12.0 Å². The number of aromatic nitrogens is 1. The van der Waals surface area contributed by atoms with Crippen LogP contribution in [-0.2, 0) is 20.9 Å². The Labute approximate surface area is 175 Å². The van der Waals surface area contributed by atoms with E-state index in [4.69, 9.17) is 4.74 Å². The van der Waals surface area contributed by atoms with Gasteiger partial charge in [0.1, 0.15) is 11.6 Å². The van der Waals surface area contributed by atoms with Crippen molar-refractivity contribution in [2.24, 2.45) is 5.92 Å². The second-order valence-electron chi connectivity index (χ2n) is 7.32. The molecule has 0 saturated carbocycles. The lowest BCUT2D eigenvalue weighted by Gasteiger charge is -2.16. The molecule has 1 atom stereocenters. The van der Waals surface area contributed by atoms with Crippen LogP contribution in [0.2, 0.25) is 0 Å². The molecular formula is C22H27N3O3S. The molecule has 0 bridgehead atoms. The average molecular weight is 414 g/mol. The van der Waals surface area contributed by atoms with Crippen LogP contribution in [0.1, 0.15) is 48.1 Å². The normalized spacial score (nSPS) is 12.5. The Kier molecular flexibility index (Phi) is 7.80. The summed E-state index contributed by atoms with van der Waals surface area (Å²) in [6.07, 6.45) is 1.61. The second-order valence-corrected chi connectivity index (χ2v) is 8.30. The van der Waals surface area contributed by atoms with Crippen molar-refractivity contribution in [2.45, 2.75) is 46.7 Å². The summed E-state index contributed by atoms with van der Waals surface area (Å²) in [5.41, 5.74) is 2.94. The molecule has 0 aliphatic rings. The Morgan fingerprint density at radius 1 is 1.38 bits per heavy atom. The van der Waals surface area contributed by atoms with E-state index in [9.17, 15) is 14.9 Å². The Hall–Kier alpha value is -2.85. The summed E-state index contributed by atoms with van der Waals surface area (Å²) in [6, 6.07) is 7.12. The molecule has 29 heavy (non-hydrogen) atoms. The van der Waals surface area contributed by atoms with Crippen molar-refractivity contribution in [3.05, 3.63) is 51.0 Å². The molecule has 0 saturated heterocycles. The summed E-state index contributed by atoms with van der Waals surface area (Å²) < 4.78 is 6.93. The zero-order chi connectivity index (χ0) is 21.6. The molecule has 0 spiro atoms. The number of rotatable bonds is 8. The lowest BCUT2D eigenvalue weighted by atomic mass is 10.1. The molecule has 0 aromatic carbocycles. The van der Waals surface area contributed by atoms with Gasteiger partial charge in [-0.3, -0.25) is 9.59 Å². The maximum atomic E-state index is 12.8. The van der Waals surface area contributed by atoms with Crippen LogP contribution in [0.25, 0.3) is 6.08 Å². The fourth-order valence-electron chi connectivity index (χ4n) is 3.12. The topological polar surface area (TPSA) is 84.1 Å². The first-order valence-corrected chi connectivity index (χ1v) is 10.3. The molecule has 2 rings (SSSR count). The van der Waals surface area contributed by atoms with Crippen molar-refractivity contribution in [2.75, 3.05) is 7.11 Å². The second kappa shape index (κ2) is 10.1. The number of hydrogen-bond donors (Lipinski definition) is 1. The van der Waals surface area contributed by atoms with Crippen LogP contribution in [0.5, 0.6) is 0 Å². The fourth-order valence-corrected chi connectivity index (χ4v) is 3.90. The molecule has 0 fully saturated rings. The van der Waals surface area contributed by atoms with E-state index < -0.39 is 17.9 Å². The molecule has 0 aliphatic heterocycles. The number of methoxy groups -OCH3 is 1. The monoisotopic (exact) mass is 413 g/mol. The van der Waals surface area contributed by atoms with Gasteiger partial charge in [0.15, 0.2) is 0 Å². The molecule has 2 heterocycles. The van der Waals surface area contributed by atoms with Gasteiger partial charge in [-0.25, -0.2) is 0 Å². The Bertz CT molecular complexity index is 933. The number of esters is 1. The van der Waals surface area contributed by atoms with Crippen LogP contribution >= 0.6 is 11.3 Å². The van der Waals surface area contributed by atoms with Crippen molar-refractivity contribution in [1.82, 2.24) is 9.88 Å². The molecule has 0 radical (unpaired) electrons. The number of nitriles is 1. The van der Waals surface area contributed by atoms with E-state index in [0.29, 0.717) is 5.92 Å². The number of ether oxygens (including phenoxy) is 1. The maximum absolute atomic E-state index is 12.8. The first kappa shape index (κ1) is 22.4. The molecule has 1 N–H and O–H groups in total. The summed E-state index contributed by atoms with van der Waals surface area (Å²) in [6.45, 7) is 9.17. The minimum atomic E-state index is -0.542. The molecule has 154 valence electrons. The number of nitrogens with zero attached hydrogens (tertiary/aromatic N) is 2. The van der Waals surface area contributed by atoms with E-state index in [1.54, 1.807) is 6.08 Å². The highest BCUT2D eigenvalue weighted by Crippen LogP contribution is 2.24. The van der Waals surface area contributed by atoms with Gasteiger partial charge in [-0.1, -0.05) is 19.9 Å². The molecule has 1 unspecified atom stereocenters. The number of aryl methyl sites for hydroxylation is 1. The standard InChI is InChI=1S/C22H27N3O3S/c1-14(2)13-25-15(3)9-17(16(25)4)10-18(12-23)22(27)24-19(11-21(26)28-5)20-7-6-8-29-20/h6-10,14,19H,11,13H2,1-5H3,(H,24,27)/b18-10+. The van der Waals surface area contributed by atoms with Gasteiger partial charge in [0.25, 0.3) is 5.91 Å². The molecular weight excluding hydrogens is 386 g/mol. The minimum absolute atomic E-state index is 0.00113. The molecule has 0 aliphatic carbocycles. The van der Waals surface area contributed by atoms with Crippen LogP contribution in [0.3, 0.4) is 0 Å². The number of carbonyl (C=O) groups excluding carboxylic acids is 2. The zero-order valence-corrected chi connectivity index (χ0v) is 18.3. The van der Waals surface area contributed by atoms with Gasteiger partial charge in [-0.15, -0.1) is 11.3 Å². The third-order valence-corrected chi connectivity index (χ3v) is 5.60. The van der Waals surface area contributed by atoms with Crippen molar-refractivity contribution in [1.29, 1.82) is 5.26 Å². The lowest BCUT2D eigenvalue weighted by Crippen LogP contribution is -2.30. The van der Waals surface area contributed by atoms with Gasteiger partial charge in [-0.05, 0) is 48.9 Å². The highest BCUT2D eigenvalue weighted by molar-refractivity contribution is 7.10. The highest BCUT2D eigenvalue weighted by Gasteiger charge is 2.22. The van der Waals surface area contributed by atoms with Crippen LogP contribution < -0.4 is 5.32 Å². The maximum Gasteiger partial charge on any atom is 0.307 e. The predicted octanol–water partition coefficient (Wildman–Crippen LogP) is 4.15. The van der Waals surface area contributed by atoms with Gasteiger partial charge in [0.2, 0.25) is 0 Å². The van der Waals surface area contributed by atoms with Gasteiger partial charge < -0.3 is 14.6 Å². The Morgan fingerprint density at radius 2 is 2.10 bits per heavy atom. The van der Waals surface area contributed by atoms with Crippen LogP contribution in [0, 0.1) is 31.1 Å². The van der Waals surface area contributed by atoms with Crippen molar-refractivity contribution >= 4 is 29.3 Å². The third-order valence-electron chi connectivity index (χ3n) is 4.62. The summed E-state index contributed by atoms with van der Waals surface area (Å²) in [7, 11) is 1.31. The van der Waals surface area contributed by atoms with Crippen molar-refractivity contribution < 1.29 is 14.3 Å². The fraction of sp³-hybridized carbons (Fsp3) is 0.409. The van der Waals surface area contributed by atoms with E-state index in [1.165, 1.54) is 18.4 Å². The molecule has 2 aromatic rings. The average Bonchev–Trinajstić information content (AvgIpc) is 3.29. The van der Waals surface area contributed by atoms with Crippen molar-refractivity contribution in [3.8, 4) is 6.07 Å². The number of thiophene rings is 1. The highest BCUT2D eigenvalue weighted by atomic mass is 32.1. The predicted molar refractivity (Wildman–Crippen MR) is 114 cm³/mol. The SMILES string of the molecule is COC(=O)CC(NC(=O)/C(C#N)=C/c1cc(C)n(CC(C)C)c1C)c1cccs1. The summed E-state index contributed by atoms with van der Waals surface area (Å²) in [5.74, 6) is -0.452. The summed E-state index contributed by atoms with van der Waals surface area (Å²) >= 11 is 1.43. The molecule has 1 amide bonds. The van der Waals surface area contributed by atoms with Crippen LogP contribution in [0.15, 0.2) is 29.2 Å². The van der Waals surface area contributed by atoms with Crippen LogP contribution in [-0.4, -0.2) is 23.6 Å². The number of hydrogen-bond acceptors (Lipinski definition) is 5. The largest absolute Gasteiger partial charge is 0.469 e. The van der Waals surface area contributed by atoms with E-state index in [1.807, 2.05) is 43.5 Å². The molecule has 7 heteroatoms. The van der Waals surface area contributed by atoms with Gasteiger partial charge in [-0.2, -0.15) is 5.26 Å².